The molecule has 0 aromatic heterocycles. The summed E-state index contributed by atoms with van der Waals surface area (Å²) in [6, 6.07) is 13.5. The maximum absolute atomic E-state index is 13.6. The van der Waals surface area contributed by atoms with Crippen molar-refractivity contribution < 1.29 is 19.2 Å². The lowest BCUT2D eigenvalue weighted by molar-refractivity contribution is -0.130. The number of benzene rings is 2. The molecule has 196 valence electrons. The second kappa shape index (κ2) is 10.6. The van der Waals surface area contributed by atoms with Crippen molar-refractivity contribution in [1.82, 2.24) is 15.5 Å². The second-order valence-corrected chi connectivity index (χ2v) is 11.6. The van der Waals surface area contributed by atoms with Gasteiger partial charge in [0.1, 0.15) is 12.1 Å². The van der Waals surface area contributed by atoms with Gasteiger partial charge in [0.2, 0.25) is 0 Å². The molecule has 0 radical (unpaired) electrons. The molecule has 2 saturated heterocycles. The van der Waals surface area contributed by atoms with Crippen LogP contribution in [-0.2, 0) is 15.0 Å². The smallest absolute Gasteiger partial charge is 0.254 e. The fourth-order valence-corrected chi connectivity index (χ4v) is 5.26. The quantitative estimate of drug-likeness (QED) is 0.564. The molecule has 2 fully saturated rings. The van der Waals surface area contributed by atoms with Gasteiger partial charge in [-0.3, -0.25) is 24.5 Å². The largest absolute Gasteiger partial charge is 0.342 e. The maximum atomic E-state index is 13.6. The number of rotatable bonds is 7. The Kier molecular flexibility index (Phi) is 7.64. The first-order valence-corrected chi connectivity index (χ1v) is 13.1. The molecule has 2 aliphatic heterocycles. The molecule has 7 heteroatoms. The first-order valence-electron chi connectivity index (χ1n) is 13.1. The molecular weight excluding hydrogens is 466 g/mol. The van der Waals surface area contributed by atoms with E-state index in [1.165, 1.54) is 0 Å². The Morgan fingerprint density at radius 3 is 2.24 bits per heavy atom. The lowest BCUT2D eigenvalue weighted by Crippen LogP contribution is -2.52. The van der Waals surface area contributed by atoms with Crippen LogP contribution in [0.1, 0.15) is 73.7 Å². The van der Waals surface area contributed by atoms with Gasteiger partial charge in [0.15, 0.2) is 11.6 Å². The Hall–Kier alpha value is -3.32. The van der Waals surface area contributed by atoms with Crippen LogP contribution in [0.5, 0.6) is 0 Å². The molecule has 2 aliphatic rings. The zero-order chi connectivity index (χ0) is 26.9. The molecule has 37 heavy (non-hydrogen) atoms. The van der Waals surface area contributed by atoms with Crippen molar-refractivity contribution in [3.8, 4) is 0 Å². The van der Waals surface area contributed by atoms with Crippen LogP contribution in [-0.4, -0.2) is 59.0 Å². The minimum absolute atomic E-state index is 0.0342. The third-order valence-electron chi connectivity index (χ3n) is 7.29. The van der Waals surface area contributed by atoms with Gasteiger partial charge >= 0.3 is 0 Å². The summed E-state index contributed by atoms with van der Waals surface area (Å²) in [4.78, 5) is 54.8. The van der Waals surface area contributed by atoms with E-state index >= 15 is 0 Å². The first-order chi connectivity index (χ1) is 17.5. The van der Waals surface area contributed by atoms with Crippen molar-refractivity contribution in [3.05, 3.63) is 71.3 Å². The zero-order valence-corrected chi connectivity index (χ0v) is 22.3. The number of amides is 2. The maximum Gasteiger partial charge on any atom is 0.254 e. The number of nitrogens with zero attached hydrogens (tertiary/aromatic N) is 1. The molecule has 2 aromatic carbocycles. The van der Waals surface area contributed by atoms with Gasteiger partial charge in [-0.25, -0.2) is 0 Å². The monoisotopic (exact) mass is 503 g/mol. The molecule has 2 aromatic rings. The number of hydrogen-bond acceptors (Lipinski definition) is 5. The highest BCUT2D eigenvalue weighted by Gasteiger charge is 2.53. The Labute approximate surface area is 219 Å². The number of ketones is 2. The average molecular weight is 504 g/mol. The van der Waals surface area contributed by atoms with Crippen molar-refractivity contribution in [3.63, 3.8) is 0 Å². The van der Waals surface area contributed by atoms with Crippen molar-refractivity contribution in [2.24, 2.45) is 5.92 Å². The van der Waals surface area contributed by atoms with E-state index in [1.54, 1.807) is 41.3 Å². The Balaban J connectivity index is 1.49. The molecule has 4 atom stereocenters. The lowest BCUT2D eigenvalue weighted by Gasteiger charge is -2.25. The van der Waals surface area contributed by atoms with Gasteiger partial charge < -0.3 is 10.2 Å². The van der Waals surface area contributed by atoms with E-state index < -0.39 is 18.1 Å². The molecule has 2 heterocycles. The Bertz CT molecular complexity index is 1170. The molecule has 0 saturated carbocycles. The van der Waals surface area contributed by atoms with E-state index in [0.717, 1.165) is 5.56 Å². The Morgan fingerprint density at radius 2 is 1.65 bits per heavy atom. The topological polar surface area (TPSA) is 95.6 Å². The molecule has 2 N–H and O–H groups in total. The number of Topliss-reactive ketones (excluding diaryl/α,β-unsaturated/α-hetero) is 2. The molecule has 0 spiro atoms. The van der Waals surface area contributed by atoms with Gasteiger partial charge in [0.05, 0.1) is 6.04 Å². The predicted molar refractivity (Wildman–Crippen MR) is 142 cm³/mol. The van der Waals surface area contributed by atoms with Crippen LogP contribution in [0, 0.1) is 5.92 Å². The summed E-state index contributed by atoms with van der Waals surface area (Å²) in [6.07, 6.45) is 1.01. The zero-order valence-electron chi connectivity index (χ0n) is 22.3. The number of nitrogens with one attached hydrogen (secondary N) is 2. The summed E-state index contributed by atoms with van der Waals surface area (Å²) in [5.74, 6) is -1.06. The fraction of sp³-hybridized carbons (Fsp3) is 0.467. The van der Waals surface area contributed by atoms with Crippen LogP contribution in [0.2, 0.25) is 0 Å². The average Bonchev–Trinajstić information content (AvgIpc) is 3.42. The third kappa shape index (κ3) is 5.67. The van der Waals surface area contributed by atoms with Gasteiger partial charge in [0.25, 0.3) is 11.8 Å². The van der Waals surface area contributed by atoms with Crippen LogP contribution in [0.25, 0.3) is 0 Å². The minimum Gasteiger partial charge on any atom is -0.342 e. The molecule has 0 bridgehead atoms. The van der Waals surface area contributed by atoms with Gasteiger partial charge in [-0.15, -0.1) is 0 Å². The summed E-state index contributed by atoms with van der Waals surface area (Å²) in [6.45, 7) is 10.7. The van der Waals surface area contributed by atoms with E-state index in [1.807, 2.05) is 32.0 Å². The van der Waals surface area contributed by atoms with E-state index in [4.69, 9.17) is 0 Å². The fourth-order valence-electron chi connectivity index (χ4n) is 5.26. The first kappa shape index (κ1) is 26.7. The number of likely N-dealkylation sites (tertiary alicyclic amines) is 1. The number of carbonyl (C=O) groups is 4. The molecule has 2 amide bonds. The highest BCUT2D eigenvalue weighted by atomic mass is 16.2. The summed E-state index contributed by atoms with van der Waals surface area (Å²) < 4.78 is 0. The number of fused-ring (bicyclic) bond motifs is 1. The second-order valence-electron chi connectivity index (χ2n) is 11.6. The van der Waals surface area contributed by atoms with E-state index in [-0.39, 0.29) is 40.8 Å². The molecular formula is C30H37N3O4. The highest BCUT2D eigenvalue weighted by molar-refractivity contribution is 6.14. The van der Waals surface area contributed by atoms with E-state index in [0.29, 0.717) is 30.5 Å². The van der Waals surface area contributed by atoms with E-state index in [2.05, 4.69) is 31.4 Å². The highest BCUT2D eigenvalue weighted by Crippen LogP contribution is 2.29. The molecule has 4 rings (SSSR count). The normalized spacial score (nSPS) is 22.2. The van der Waals surface area contributed by atoms with Crippen LogP contribution in [0.15, 0.2) is 54.6 Å². The summed E-state index contributed by atoms with van der Waals surface area (Å²) in [7, 11) is 0. The van der Waals surface area contributed by atoms with Crippen molar-refractivity contribution in [2.75, 3.05) is 6.54 Å². The van der Waals surface area contributed by atoms with Gasteiger partial charge in [-0.1, -0.05) is 65.0 Å². The van der Waals surface area contributed by atoms with Gasteiger partial charge in [-0.2, -0.15) is 0 Å². The van der Waals surface area contributed by atoms with Crippen molar-refractivity contribution in [1.29, 1.82) is 0 Å². The summed E-state index contributed by atoms with van der Waals surface area (Å²) in [5, 5.41) is 6.07. The number of carbonyl (C=O) groups excluding carboxylic acids is 4. The molecule has 1 unspecified atom stereocenters. The van der Waals surface area contributed by atoms with Crippen LogP contribution in [0.4, 0.5) is 0 Å². The Morgan fingerprint density at radius 1 is 1.00 bits per heavy atom. The molecule has 7 nitrogen and oxygen atoms in total. The van der Waals surface area contributed by atoms with Gasteiger partial charge in [-0.05, 0) is 54.0 Å². The summed E-state index contributed by atoms with van der Waals surface area (Å²) >= 11 is 0. The van der Waals surface area contributed by atoms with Crippen molar-refractivity contribution in [2.45, 2.75) is 77.0 Å². The SMILES string of the molecule is CC(C)C[C@H](NC(=O)c1ccc(C(C)(C)C)cc1)C(=O)C1N[C@H]2CCN(C(=O)c3ccccc3)[C@H]2C1=O. The standard InChI is InChI=1S/C30H37N3O4/c1-18(2)17-23(32-28(36)19-11-13-21(14-12-19)30(3,4)5)26(34)24-27(35)25-22(31-24)15-16-33(25)29(37)20-9-7-6-8-10-20/h6-14,18,22-25,31H,15-17H2,1-5H3,(H,32,36)/t22-,23-,24?,25+/m0/s1. The van der Waals surface area contributed by atoms with Crippen LogP contribution in [0.3, 0.4) is 0 Å². The van der Waals surface area contributed by atoms with Crippen LogP contribution >= 0.6 is 0 Å². The van der Waals surface area contributed by atoms with E-state index in [9.17, 15) is 19.2 Å². The lowest BCUT2D eigenvalue weighted by atomic mass is 9.86. The predicted octanol–water partition coefficient (Wildman–Crippen LogP) is 3.52. The summed E-state index contributed by atoms with van der Waals surface area (Å²) in [5.41, 5.74) is 2.07. The minimum atomic E-state index is -1.05. The third-order valence-corrected chi connectivity index (χ3v) is 7.29. The van der Waals surface area contributed by atoms with Crippen molar-refractivity contribution >= 4 is 23.4 Å². The number of hydrogen-bond donors (Lipinski definition) is 2. The molecule has 0 aliphatic carbocycles. The van der Waals surface area contributed by atoms with Gasteiger partial charge in [0, 0.05) is 23.7 Å². The van der Waals surface area contributed by atoms with Crippen LogP contribution < -0.4 is 10.6 Å².